The molecule has 1 saturated heterocycles. The van der Waals surface area contributed by atoms with E-state index in [2.05, 4.69) is 29.6 Å². The molecule has 4 N–H and O–H groups in total. The molecule has 0 aromatic heterocycles. The number of aliphatic hydroxyl groups excluding tert-OH is 1. The second kappa shape index (κ2) is 12.9. The van der Waals surface area contributed by atoms with Crippen LogP contribution < -0.4 is 10.2 Å². The number of hydrogen-bond acceptors (Lipinski definition) is 4. The number of aromatic hydroxyl groups is 2. The average Bonchev–Trinajstić information content (AvgIpc) is 3.36. The summed E-state index contributed by atoms with van der Waals surface area (Å²) in [7, 11) is 0. The number of halogens is 1. The van der Waals surface area contributed by atoms with E-state index < -0.39 is 6.10 Å². The molecule has 3 atom stereocenters. The second-order valence-corrected chi connectivity index (χ2v) is 11.5. The molecule has 1 heterocycles. The van der Waals surface area contributed by atoms with Crippen LogP contribution in [0, 0.1) is 5.82 Å². The van der Waals surface area contributed by atoms with Gasteiger partial charge in [0.05, 0.1) is 18.2 Å². The van der Waals surface area contributed by atoms with Gasteiger partial charge in [0.1, 0.15) is 17.3 Å². The first-order valence-electron chi connectivity index (χ1n) is 14.7. The van der Waals surface area contributed by atoms with Gasteiger partial charge >= 0.3 is 0 Å². The van der Waals surface area contributed by atoms with Gasteiger partial charge in [-0.2, -0.15) is 0 Å². The highest BCUT2D eigenvalue weighted by molar-refractivity contribution is 7.80. The Morgan fingerprint density at radius 2 is 1.41 bits per heavy atom. The number of nitrogens with one attached hydrogen (secondary N) is 1. The van der Waals surface area contributed by atoms with Crippen molar-refractivity contribution in [3.05, 3.63) is 138 Å². The Balaban J connectivity index is 1.29. The SMILES string of the molecule is Oc1cccc(-c2ccc([C@@H]3[C@@H](CCCC(O)c4ccc(F)cc4)NC(=S)N3c3ccc(-c4ccccc4)cc3)c(O)c2)c1. The lowest BCUT2D eigenvalue weighted by Gasteiger charge is -2.29. The Bertz CT molecular complexity index is 1750. The fourth-order valence-corrected chi connectivity index (χ4v) is 6.33. The third kappa shape index (κ3) is 6.30. The maximum absolute atomic E-state index is 13.4. The van der Waals surface area contributed by atoms with Crippen LogP contribution in [0.1, 0.15) is 42.5 Å². The number of rotatable bonds is 9. The van der Waals surface area contributed by atoms with E-state index in [0.717, 1.165) is 33.5 Å². The number of nitrogens with zero attached hydrogens (tertiary/aromatic N) is 1. The Labute approximate surface area is 261 Å². The molecule has 1 aliphatic rings. The number of benzene rings is 5. The predicted molar refractivity (Wildman–Crippen MR) is 177 cm³/mol. The summed E-state index contributed by atoms with van der Waals surface area (Å²) in [4.78, 5) is 2.05. The maximum Gasteiger partial charge on any atom is 0.174 e. The van der Waals surface area contributed by atoms with Gasteiger partial charge in [0.2, 0.25) is 0 Å². The van der Waals surface area contributed by atoms with Crippen molar-refractivity contribution in [1.29, 1.82) is 0 Å². The molecular formula is C37H33FN2O3S. The lowest BCUT2D eigenvalue weighted by molar-refractivity contribution is 0.162. The molecule has 0 radical (unpaired) electrons. The Hall–Kier alpha value is -4.72. The molecule has 0 bridgehead atoms. The minimum Gasteiger partial charge on any atom is -0.508 e. The van der Waals surface area contributed by atoms with Crippen LogP contribution in [-0.4, -0.2) is 26.5 Å². The number of thiocarbonyl (C=S) groups is 1. The van der Waals surface area contributed by atoms with Crippen molar-refractivity contribution < 1.29 is 19.7 Å². The molecule has 0 spiro atoms. The monoisotopic (exact) mass is 604 g/mol. The van der Waals surface area contributed by atoms with Crippen LogP contribution in [-0.2, 0) is 0 Å². The standard InChI is InChI=1S/C37H33FN2O3S/c38-29-17-12-26(13-18-29)34(42)11-5-10-33-36(32-21-16-28(23-35(32)43)27-8-4-9-31(41)22-27)40(37(44)39-33)30-19-14-25(15-20-30)24-6-2-1-3-7-24/h1-4,6-9,12-23,33-34,36,41-43H,5,10-11H2,(H,39,44)/t33-,34?,36-/m1/s1. The van der Waals surface area contributed by atoms with Crippen molar-refractivity contribution in [3.8, 4) is 33.8 Å². The quantitative estimate of drug-likeness (QED) is 0.127. The molecular weight excluding hydrogens is 571 g/mol. The van der Waals surface area contributed by atoms with E-state index in [0.29, 0.717) is 29.9 Å². The van der Waals surface area contributed by atoms with Gasteiger partial charge in [0, 0.05) is 11.3 Å². The van der Waals surface area contributed by atoms with Crippen LogP contribution in [0.5, 0.6) is 11.5 Å². The molecule has 7 heteroatoms. The highest BCUT2D eigenvalue weighted by atomic mass is 32.1. The molecule has 0 aliphatic carbocycles. The van der Waals surface area contributed by atoms with Crippen LogP contribution in [0.3, 0.4) is 0 Å². The van der Waals surface area contributed by atoms with Crippen LogP contribution >= 0.6 is 12.2 Å². The number of aliphatic hydroxyl groups is 1. The molecule has 5 aromatic carbocycles. The van der Waals surface area contributed by atoms with E-state index in [1.807, 2.05) is 53.4 Å². The normalized spacial score (nSPS) is 17.0. The van der Waals surface area contributed by atoms with Gasteiger partial charge < -0.3 is 25.5 Å². The van der Waals surface area contributed by atoms with Crippen molar-refractivity contribution in [2.45, 2.75) is 37.5 Å². The van der Waals surface area contributed by atoms with Crippen molar-refractivity contribution in [2.24, 2.45) is 0 Å². The zero-order chi connectivity index (χ0) is 30.6. The highest BCUT2D eigenvalue weighted by Crippen LogP contribution is 2.42. The highest BCUT2D eigenvalue weighted by Gasteiger charge is 2.40. The number of anilines is 1. The molecule has 44 heavy (non-hydrogen) atoms. The summed E-state index contributed by atoms with van der Waals surface area (Å²) >= 11 is 5.87. The van der Waals surface area contributed by atoms with Gasteiger partial charge in [-0.15, -0.1) is 0 Å². The molecule has 0 amide bonds. The first kappa shape index (κ1) is 29.4. The molecule has 5 aromatic rings. The van der Waals surface area contributed by atoms with Crippen LogP contribution in [0.25, 0.3) is 22.3 Å². The van der Waals surface area contributed by atoms with Crippen molar-refractivity contribution >= 4 is 23.0 Å². The van der Waals surface area contributed by atoms with E-state index in [9.17, 15) is 19.7 Å². The number of phenols is 2. The molecule has 6 rings (SSSR count). The van der Waals surface area contributed by atoms with Crippen LogP contribution in [0.4, 0.5) is 10.1 Å². The van der Waals surface area contributed by atoms with Crippen molar-refractivity contribution in [3.63, 3.8) is 0 Å². The molecule has 0 saturated carbocycles. The van der Waals surface area contributed by atoms with Crippen LogP contribution in [0.15, 0.2) is 121 Å². The molecule has 222 valence electrons. The second-order valence-electron chi connectivity index (χ2n) is 11.1. The van der Waals surface area contributed by atoms with Gasteiger partial charge in [-0.25, -0.2) is 4.39 Å². The van der Waals surface area contributed by atoms with E-state index in [1.165, 1.54) is 12.1 Å². The maximum atomic E-state index is 13.4. The van der Waals surface area contributed by atoms with E-state index in [4.69, 9.17) is 12.2 Å². The molecule has 1 aliphatic heterocycles. The van der Waals surface area contributed by atoms with Gasteiger partial charge in [0.25, 0.3) is 0 Å². The Kier molecular flexibility index (Phi) is 8.59. The van der Waals surface area contributed by atoms with E-state index in [-0.39, 0.29) is 29.4 Å². The zero-order valence-electron chi connectivity index (χ0n) is 24.0. The molecule has 1 unspecified atom stereocenters. The van der Waals surface area contributed by atoms with E-state index in [1.54, 1.807) is 36.4 Å². The predicted octanol–water partition coefficient (Wildman–Crippen LogP) is 8.28. The van der Waals surface area contributed by atoms with Gasteiger partial charge in [0.15, 0.2) is 5.11 Å². The third-order valence-electron chi connectivity index (χ3n) is 8.22. The summed E-state index contributed by atoms with van der Waals surface area (Å²) in [5, 5.41) is 36.1. The van der Waals surface area contributed by atoms with Gasteiger partial charge in [-0.3, -0.25) is 0 Å². The molecule has 5 nitrogen and oxygen atoms in total. The fourth-order valence-electron chi connectivity index (χ4n) is 5.96. The minimum absolute atomic E-state index is 0.129. The van der Waals surface area contributed by atoms with Crippen molar-refractivity contribution in [2.75, 3.05) is 4.90 Å². The Morgan fingerprint density at radius 1 is 0.750 bits per heavy atom. The lowest BCUT2D eigenvalue weighted by Crippen LogP contribution is -2.29. The van der Waals surface area contributed by atoms with E-state index >= 15 is 0 Å². The molecule has 1 fully saturated rings. The van der Waals surface area contributed by atoms with Crippen LogP contribution in [0.2, 0.25) is 0 Å². The minimum atomic E-state index is -0.709. The third-order valence-corrected chi connectivity index (χ3v) is 8.53. The summed E-state index contributed by atoms with van der Waals surface area (Å²) in [6.45, 7) is 0. The zero-order valence-corrected chi connectivity index (χ0v) is 24.8. The first-order valence-corrected chi connectivity index (χ1v) is 15.1. The fraction of sp³-hybridized carbons (Fsp3) is 0.162. The number of phenolic OH excluding ortho intramolecular Hbond substituents is 2. The lowest BCUT2D eigenvalue weighted by atomic mass is 9.91. The first-order chi connectivity index (χ1) is 21.4. The van der Waals surface area contributed by atoms with Gasteiger partial charge in [-0.05, 0) is 102 Å². The largest absolute Gasteiger partial charge is 0.508 e. The summed E-state index contributed by atoms with van der Waals surface area (Å²) in [5.74, 6) is -0.0479. The smallest absolute Gasteiger partial charge is 0.174 e. The van der Waals surface area contributed by atoms with Gasteiger partial charge in [-0.1, -0.05) is 78.9 Å². The average molecular weight is 605 g/mol. The summed E-state index contributed by atoms with van der Waals surface area (Å²) in [5.41, 5.74) is 6.09. The summed E-state index contributed by atoms with van der Waals surface area (Å²) in [6.07, 6.45) is 1.14. The summed E-state index contributed by atoms with van der Waals surface area (Å²) < 4.78 is 13.4. The number of hydrogen-bond donors (Lipinski definition) is 4. The topological polar surface area (TPSA) is 76.0 Å². The van der Waals surface area contributed by atoms with Crippen molar-refractivity contribution in [1.82, 2.24) is 5.32 Å². The summed E-state index contributed by atoms with van der Waals surface area (Å²) in [6, 6.07) is 36.4. The Morgan fingerprint density at radius 3 is 2.11 bits per heavy atom.